The lowest BCUT2D eigenvalue weighted by molar-refractivity contribution is 0.0833. The van der Waals surface area contributed by atoms with Crippen LogP contribution in [0, 0.1) is 0 Å². The Kier molecular flexibility index (Phi) is 5.44. The Hall–Kier alpha value is -1.69. The van der Waals surface area contributed by atoms with Crippen LogP contribution >= 0.6 is 11.3 Å². The molecule has 0 aromatic carbocycles. The van der Waals surface area contributed by atoms with Gasteiger partial charge < -0.3 is 20.7 Å². The highest BCUT2D eigenvalue weighted by Crippen LogP contribution is 2.43. The van der Waals surface area contributed by atoms with E-state index in [-0.39, 0.29) is 12.0 Å². The van der Waals surface area contributed by atoms with E-state index < -0.39 is 0 Å². The molecule has 0 saturated carbocycles. The smallest absolute Gasteiger partial charge is 0.265 e. The third-order valence-corrected chi connectivity index (χ3v) is 3.54. The molecule has 0 aliphatic rings. The molecule has 1 rings (SSSR count). The first-order valence-electron chi connectivity index (χ1n) is 6.42. The third kappa shape index (κ3) is 3.90. The molecule has 0 aliphatic heterocycles. The van der Waals surface area contributed by atoms with Gasteiger partial charge in [0.05, 0.1) is 6.10 Å². The molecule has 1 aromatic heterocycles. The molecule has 0 fully saturated rings. The maximum Gasteiger partial charge on any atom is 0.265 e. The Bertz CT molecular complexity index is 507. The molecule has 0 radical (unpaired) electrons. The fraction of sp³-hybridized carbons (Fsp3) is 0.500. The van der Waals surface area contributed by atoms with E-state index in [0.717, 1.165) is 10.6 Å². The molecule has 20 heavy (non-hydrogen) atoms. The molecule has 0 bridgehead atoms. The highest BCUT2D eigenvalue weighted by Gasteiger charge is 2.23. The van der Waals surface area contributed by atoms with Crippen LogP contribution in [-0.4, -0.2) is 37.6 Å². The average molecular weight is 297 g/mol. The van der Waals surface area contributed by atoms with Crippen molar-refractivity contribution in [1.29, 1.82) is 0 Å². The van der Waals surface area contributed by atoms with Crippen molar-refractivity contribution in [1.82, 2.24) is 4.90 Å². The SMILES string of the molecule is C=C(C)CNc1sc(C(=O)N(C)C)c(N)c1OC(C)C. The van der Waals surface area contributed by atoms with Crippen molar-refractivity contribution in [3.63, 3.8) is 0 Å². The minimum Gasteiger partial charge on any atom is -0.486 e. The summed E-state index contributed by atoms with van der Waals surface area (Å²) in [6.45, 7) is 10.2. The van der Waals surface area contributed by atoms with Gasteiger partial charge in [-0.2, -0.15) is 0 Å². The molecule has 1 heterocycles. The Balaban J connectivity index is 3.16. The predicted molar refractivity (Wildman–Crippen MR) is 85.8 cm³/mol. The van der Waals surface area contributed by atoms with E-state index in [1.54, 1.807) is 14.1 Å². The van der Waals surface area contributed by atoms with Gasteiger partial charge in [0.2, 0.25) is 0 Å². The molecular weight excluding hydrogens is 274 g/mol. The summed E-state index contributed by atoms with van der Waals surface area (Å²) in [6.07, 6.45) is -0.0143. The number of hydrogen-bond acceptors (Lipinski definition) is 5. The van der Waals surface area contributed by atoms with Crippen LogP contribution in [0.25, 0.3) is 0 Å². The van der Waals surface area contributed by atoms with Crippen molar-refractivity contribution in [2.75, 3.05) is 31.7 Å². The highest BCUT2D eigenvalue weighted by atomic mass is 32.1. The lowest BCUT2D eigenvalue weighted by atomic mass is 10.3. The fourth-order valence-electron chi connectivity index (χ4n) is 1.49. The molecular formula is C14H23N3O2S. The van der Waals surface area contributed by atoms with E-state index in [1.807, 2.05) is 20.8 Å². The number of ether oxygens (including phenoxy) is 1. The summed E-state index contributed by atoms with van der Waals surface area (Å²) in [4.78, 5) is 14.1. The van der Waals surface area contributed by atoms with Crippen LogP contribution in [0.1, 0.15) is 30.4 Å². The zero-order chi connectivity index (χ0) is 15.4. The maximum absolute atomic E-state index is 12.1. The van der Waals surface area contributed by atoms with E-state index in [2.05, 4.69) is 11.9 Å². The van der Waals surface area contributed by atoms with Crippen molar-refractivity contribution in [2.24, 2.45) is 0 Å². The van der Waals surface area contributed by atoms with Gasteiger partial charge in [-0.05, 0) is 20.8 Å². The second kappa shape index (κ2) is 6.65. The van der Waals surface area contributed by atoms with Gasteiger partial charge in [-0.25, -0.2) is 0 Å². The second-order valence-electron chi connectivity index (χ2n) is 5.18. The first-order chi connectivity index (χ1) is 9.23. The van der Waals surface area contributed by atoms with E-state index in [1.165, 1.54) is 16.2 Å². The van der Waals surface area contributed by atoms with Crippen LogP contribution in [0.4, 0.5) is 10.7 Å². The van der Waals surface area contributed by atoms with Gasteiger partial charge in [0.15, 0.2) is 5.75 Å². The largest absolute Gasteiger partial charge is 0.486 e. The van der Waals surface area contributed by atoms with Crippen molar-refractivity contribution in [3.8, 4) is 5.75 Å². The van der Waals surface area contributed by atoms with E-state index >= 15 is 0 Å². The van der Waals surface area contributed by atoms with Crippen LogP contribution in [0.5, 0.6) is 5.75 Å². The van der Waals surface area contributed by atoms with Gasteiger partial charge in [0.1, 0.15) is 15.6 Å². The van der Waals surface area contributed by atoms with Gasteiger partial charge in [0.25, 0.3) is 5.91 Å². The molecule has 1 aromatic rings. The molecule has 1 amide bonds. The van der Waals surface area contributed by atoms with E-state index in [0.29, 0.717) is 22.9 Å². The van der Waals surface area contributed by atoms with Crippen LogP contribution in [0.2, 0.25) is 0 Å². The summed E-state index contributed by atoms with van der Waals surface area (Å²) >= 11 is 1.31. The van der Waals surface area contributed by atoms with Gasteiger partial charge in [-0.1, -0.05) is 12.2 Å². The van der Waals surface area contributed by atoms with Crippen LogP contribution in [0.3, 0.4) is 0 Å². The molecule has 0 spiro atoms. The predicted octanol–water partition coefficient (Wildman–Crippen LogP) is 2.81. The number of nitrogens with one attached hydrogen (secondary N) is 1. The number of hydrogen-bond donors (Lipinski definition) is 2. The Morgan fingerprint density at radius 1 is 1.50 bits per heavy atom. The van der Waals surface area contributed by atoms with Crippen LogP contribution in [0.15, 0.2) is 12.2 Å². The lowest BCUT2D eigenvalue weighted by Gasteiger charge is -2.13. The van der Waals surface area contributed by atoms with Gasteiger partial charge in [0, 0.05) is 20.6 Å². The van der Waals surface area contributed by atoms with Gasteiger partial charge >= 0.3 is 0 Å². The highest BCUT2D eigenvalue weighted by molar-refractivity contribution is 7.19. The van der Waals surface area contributed by atoms with Crippen LogP contribution in [-0.2, 0) is 0 Å². The number of carbonyl (C=O) groups excluding carboxylic acids is 1. The second-order valence-corrected chi connectivity index (χ2v) is 6.20. The lowest BCUT2D eigenvalue weighted by Crippen LogP contribution is -2.21. The third-order valence-electron chi connectivity index (χ3n) is 2.40. The fourth-order valence-corrected chi connectivity index (χ4v) is 2.56. The first-order valence-corrected chi connectivity index (χ1v) is 7.24. The van der Waals surface area contributed by atoms with Crippen molar-refractivity contribution >= 4 is 27.9 Å². The summed E-state index contributed by atoms with van der Waals surface area (Å²) in [7, 11) is 3.40. The summed E-state index contributed by atoms with van der Waals surface area (Å²) in [5.74, 6) is 0.431. The zero-order valence-electron chi connectivity index (χ0n) is 12.7. The monoisotopic (exact) mass is 297 g/mol. The minimum atomic E-state index is -0.121. The average Bonchev–Trinajstić information content (AvgIpc) is 2.63. The summed E-state index contributed by atoms with van der Waals surface area (Å²) in [6, 6.07) is 0. The quantitative estimate of drug-likeness (QED) is 0.792. The van der Waals surface area contributed by atoms with Gasteiger partial charge in [-0.3, -0.25) is 4.79 Å². The molecule has 0 atom stereocenters. The number of carbonyl (C=O) groups is 1. The molecule has 0 saturated heterocycles. The van der Waals surface area contributed by atoms with Crippen molar-refractivity contribution in [3.05, 3.63) is 17.0 Å². The Labute approximate surface area is 124 Å². The Morgan fingerprint density at radius 3 is 2.55 bits per heavy atom. The summed E-state index contributed by atoms with van der Waals surface area (Å²) in [5, 5.41) is 3.98. The van der Waals surface area contributed by atoms with E-state index in [9.17, 15) is 4.79 Å². The summed E-state index contributed by atoms with van der Waals surface area (Å²) < 4.78 is 5.74. The minimum absolute atomic E-state index is 0.0143. The van der Waals surface area contributed by atoms with Crippen molar-refractivity contribution in [2.45, 2.75) is 26.9 Å². The number of nitrogen functional groups attached to an aromatic ring is 1. The number of amides is 1. The van der Waals surface area contributed by atoms with E-state index in [4.69, 9.17) is 10.5 Å². The Morgan fingerprint density at radius 2 is 2.10 bits per heavy atom. The van der Waals surface area contributed by atoms with Gasteiger partial charge in [-0.15, -0.1) is 11.3 Å². The number of thiophene rings is 1. The first kappa shape index (κ1) is 16.4. The number of rotatable bonds is 6. The molecule has 112 valence electrons. The molecule has 5 nitrogen and oxygen atoms in total. The molecule has 0 aliphatic carbocycles. The summed E-state index contributed by atoms with van der Waals surface area (Å²) in [5.41, 5.74) is 7.46. The van der Waals surface area contributed by atoms with Crippen LogP contribution < -0.4 is 15.8 Å². The van der Waals surface area contributed by atoms with Crippen molar-refractivity contribution < 1.29 is 9.53 Å². The normalized spacial score (nSPS) is 10.5. The number of anilines is 2. The molecule has 3 N–H and O–H groups in total. The topological polar surface area (TPSA) is 67.6 Å². The number of nitrogens with two attached hydrogens (primary N) is 1. The maximum atomic E-state index is 12.1. The molecule has 0 unspecified atom stereocenters. The molecule has 6 heteroatoms. The standard InChI is InChI=1S/C14H23N3O2S/c1-8(2)7-16-13-11(19-9(3)4)10(15)12(20-13)14(18)17(5)6/h9,16H,1,7,15H2,2-6H3. The zero-order valence-corrected chi connectivity index (χ0v) is 13.6. The number of nitrogens with zero attached hydrogens (tertiary/aromatic N) is 1.